The van der Waals surface area contributed by atoms with E-state index < -0.39 is 0 Å². The molecule has 0 aromatic rings. The Balaban J connectivity index is 2.21. The lowest BCUT2D eigenvalue weighted by atomic mass is 10.2. The van der Waals surface area contributed by atoms with Crippen LogP contribution in [0, 0.1) is 0 Å². The second kappa shape index (κ2) is 4.93. The van der Waals surface area contributed by atoms with Crippen LogP contribution in [0.15, 0.2) is 12.2 Å². The van der Waals surface area contributed by atoms with Crippen LogP contribution in [0.3, 0.4) is 0 Å². The molecule has 1 aliphatic rings. The van der Waals surface area contributed by atoms with Crippen molar-refractivity contribution in [1.29, 1.82) is 0 Å². The first-order valence-electron chi connectivity index (χ1n) is 4.36. The van der Waals surface area contributed by atoms with E-state index in [1.54, 1.807) is 0 Å². The van der Waals surface area contributed by atoms with Crippen molar-refractivity contribution in [2.75, 3.05) is 26.2 Å². The number of carbonyl (C=O) groups is 1. The zero-order chi connectivity index (χ0) is 8.81. The van der Waals surface area contributed by atoms with Crippen molar-refractivity contribution in [3.63, 3.8) is 0 Å². The Bertz CT molecular complexity index is 177. The first-order valence-corrected chi connectivity index (χ1v) is 4.36. The average Bonchev–Trinajstić information content (AvgIpc) is 2.06. The number of hydrogen-bond acceptors (Lipinski definition) is 3. The van der Waals surface area contributed by atoms with Gasteiger partial charge < -0.3 is 4.74 Å². The summed E-state index contributed by atoms with van der Waals surface area (Å²) in [4.78, 5) is 13.1. The van der Waals surface area contributed by atoms with Gasteiger partial charge in [-0.25, -0.2) is 0 Å². The van der Waals surface area contributed by atoms with E-state index in [1.807, 2.05) is 6.92 Å². The van der Waals surface area contributed by atoms with E-state index in [0.29, 0.717) is 13.2 Å². The molecule has 1 aliphatic heterocycles. The van der Waals surface area contributed by atoms with E-state index in [4.69, 9.17) is 4.74 Å². The maximum atomic E-state index is 11.0. The number of ether oxygens (including phenoxy) is 1. The van der Waals surface area contributed by atoms with Gasteiger partial charge in [0.05, 0.1) is 13.2 Å². The van der Waals surface area contributed by atoms with Crippen LogP contribution in [0.1, 0.15) is 13.3 Å². The fraction of sp³-hybridized carbons (Fsp3) is 0.667. The van der Waals surface area contributed by atoms with Crippen molar-refractivity contribution in [3.05, 3.63) is 12.2 Å². The molecule has 0 aromatic carbocycles. The van der Waals surface area contributed by atoms with Crippen molar-refractivity contribution in [2.45, 2.75) is 13.3 Å². The van der Waals surface area contributed by atoms with Gasteiger partial charge in [-0.2, -0.15) is 0 Å². The van der Waals surface area contributed by atoms with Crippen LogP contribution in [-0.2, 0) is 9.53 Å². The monoisotopic (exact) mass is 169 g/mol. The van der Waals surface area contributed by atoms with Gasteiger partial charge in [-0.05, 0) is 13.3 Å². The van der Waals surface area contributed by atoms with E-state index in [2.05, 4.69) is 17.1 Å². The fourth-order valence-corrected chi connectivity index (χ4v) is 1.22. The molecule has 0 bridgehead atoms. The lowest BCUT2D eigenvalue weighted by molar-refractivity contribution is -0.144. The van der Waals surface area contributed by atoms with Crippen molar-refractivity contribution in [1.82, 2.24) is 4.90 Å². The molecule has 0 aromatic heterocycles. The molecule has 3 nitrogen and oxygen atoms in total. The zero-order valence-corrected chi connectivity index (χ0v) is 7.45. The minimum atomic E-state index is -0.118. The summed E-state index contributed by atoms with van der Waals surface area (Å²) in [5.41, 5.74) is 0. The third kappa shape index (κ3) is 3.05. The third-order valence-electron chi connectivity index (χ3n) is 1.80. The van der Waals surface area contributed by atoms with Crippen LogP contribution in [0.4, 0.5) is 0 Å². The Morgan fingerprint density at radius 1 is 1.58 bits per heavy atom. The van der Waals surface area contributed by atoms with Gasteiger partial charge in [-0.3, -0.25) is 9.69 Å². The lowest BCUT2D eigenvalue weighted by Crippen LogP contribution is -2.33. The first kappa shape index (κ1) is 9.26. The smallest absolute Gasteiger partial charge is 0.320 e. The molecule has 0 N–H and O–H groups in total. The molecular formula is C9H15NO2. The summed E-state index contributed by atoms with van der Waals surface area (Å²) in [7, 11) is 0. The molecule has 1 rings (SSSR count). The molecule has 0 saturated heterocycles. The Hall–Kier alpha value is -0.830. The summed E-state index contributed by atoms with van der Waals surface area (Å²) in [6.45, 7) is 4.57. The van der Waals surface area contributed by atoms with Gasteiger partial charge in [-0.1, -0.05) is 12.2 Å². The summed E-state index contributed by atoms with van der Waals surface area (Å²) >= 11 is 0. The van der Waals surface area contributed by atoms with E-state index in [0.717, 1.165) is 19.5 Å². The van der Waals surface area contributed by atoms with Crippen molar-refractivity contribution in [3.8, 4) is 0 Å². The summed E-state index contributed by atoms with van der Waals surface area (Å²) in [6.07, 6.45) is 5.27. The highest BCUT2D eigenvalue weighted by Crippen LogP contribution is 2.00. The predicted octanol–water partition coefficient (Wildman–Crippen LogP) is 0.811. The molecule has 0 aliphatic carbocycles. The molecule has 68 valence electrons. The third-order valence-corrected chi connectivity index (χ3v) is 1.80. The van der Waals surface area contributed by atoms with Crippen molar-refractivity contribution in [2.24, 2.45) is 0 Å². The highest BCUT2D eigenvalue weighted by molar-refractivity contribution is 5.71. The SMILES string of the molecule is CCOC(=O)CN1CC=CCC1. The zero-order valence-electron chi connectivity index (χ0n) is 7.45. The molecule has 0 radical (unpaired) electrons. The topological polar surface area (TPSA) is 29.5 Å². The Labute approximate surface area is 73.0 Å². The number of hydrogen-bond donors (Lipinski definition) is 0. The van der Waals surface area contributed by atoms with E-state index in [9.17, 15) is 4.79 Å². The van der Waals surface area contributed by atoms with Crippen molar-refractivity contribution >= 4 is 5.97 Å². The van der Waals surface area contributed by atoms with E-state index in [1.165, 1.54) is 0 Å². The number of rotatable bonds is 3. The molecule has 12 heavy (non-hydrogen) atoms. The second-order valence-corrected chi connectivity index (χ2v) is 2.80. The lowest BCUT2D eigenvalue weighted by Gasteiger charge is -2.21. The summed E-state index contributed by atoms with van der Waals surface area (Å²) < 4.78 is 4.84. The Kier molecular flexibility index (Phi) is 3.80. The number of esters is 1. The van der Waals surface area contributed by atoms with Gasteiger partial charge in [0, 0.05) is 13.1 Å². The van der Waals surface area contributed by atoms with E-state index >= 15 is 0 Å². The Morgan fingerprint density at radius 2 is 2.42 bits per heavy atom. The minimum absolute atomic E-state index is 0.118. The van der Waals surface area contributed by atoms with Gasteiger partial charge in [0.2, 0.25) is 0 Å². The predicted molar refractivity (Wildman–Crippen MR) is 46.8 cm³/mol. The van der Waals surface area contributed by atoms with Crippen LogP contribution in [0.5, 0.6) is 0 Å². The molecule has 0 unspecified atom stereocenters. The molecule has 0 amide bonds. The minimum Gasteiger partial charge on any atom is -0.465 e. The molecule has 0 saturated carbocycles. The van der Waals surface area contributed by atoms with Crippen LogP contribution >= 0.6 is 0 Å². The van der Waals surface area contributed by atoms with Crippen LogP contribution < -0.4 is 0 Å². The molecular weight excluding hydrogens is 154 g/mol. The van der Waals surface area contributed by atoms with Gasteiger partial charge in [0.25, 0.3) is 0 Å². The number of carbonyl (C=O) groups excluding carboxylic acids is 1. The van der Waals surface area contributed by atoms with Crippen LogP contribution in [0.2, 0.25) is 0 Å². The van der Waals surface area contributed by atoms with Crippen LogP contribution in [-0.4, -0.2) is 37.1 Å². The maximum absolute atomic E-state index is 11.0. The van der Waals surface area contributed by atoms with Gasteiger partial charge >= 0.3 is 5.97 Å². The molecule has 0 atom stereocenters. The van der Waals surface area contributed by atoms with Gasteiger partial charge in [-0.15, -0.1) is 0 Å². The fourth-order valence-electron chi connectivity index (χ4n) is 1.22. The summed E-state index contributed by atoms with van der Waals surface area (Å²) in [5.74, 6) is -0.118. The molecule has 0 spiro atoms. The van der Waals surface area contributed by atoms with Gasteiger partial charge in [0.1, 0.15) is 0 Å². The quantitative estimate of drug-likeness (QED) is 0.462. The largest absolute Gasteiger partial charge is 0.465 e. The van der Waals surface area contributed by atoms with Gasteiger partial charge in [0.15, 0.2) is 0 Å². The molecule has 0 fully saturated rings. The normalized spacial score (nSPS) is 17.8. The summed E-state index contributed by atoms with van der Waals surface area (Å²) in [6, 6.07) is 0. The molecule has 1 heterocycles. The first-order chi connectivity index (χ1) is 5.83. The second-order valence-electron chi connectivity index (χ2n) is 2.80. The number of nitrogens with zero attached hydrogens (tertiary/aromatic N) is 1. The van der Waals surface area contributed by atoms with Crippen molar-refractivity contribution < 1.29 is 9.53 Å². The molecule has 3 heteroatoms. The van der Waals surface area contributed by atoms with E-state index in [-0.39, 0.29) is 5.97 Å². The standard InChI is InChI=1S/C9H15NO2/c1-2-12-9(11)8-10-6-4-3-5-7-10/h3-4H,2,5-8H2,1H3. The Morgan fingerprint density at radius 3 is 3.00 bits per heavy atom. The summed E-state index contributed by atoms with van der Waals surface area (Å²) in [5, 5.41) is 0. The van der Waals surface area contributed by atoms with Crippen LogP contribution in [0.25, 0.3) is 0 Å². The highest BCUT2D eigenvalue weighted by atomic mass is 16.5. The maximum Gasteiger partial charge on any atom is 0.320 e. The average molecular weight is 169 g/mol. The highest BCUT2D eigenvalue weighted by Gasteiger charge is 2.10.